The number of methoxy groups -OCH3 is 1. The minimum Gasteiger partial charge on any atom is -1.00 e. The van der Waals surface area contributed by atoms with Crippen LogP contribution in [0.2, 0.25) is 5.02 Å². The van der Waals surface area contributed by atoms with E-state index in [-0.39, 0.29) is 25.0 Å². The quantitative estimate of drug-likeness (QED) is 0.0467. The number of guanidine groups is 1. The lowest BCUT2D eigenvalue weighted by atomic mass is 10.2. The third kappa shape index (κ3) is 13.5. The number of carbonyl (C=O) groups excluding carboxylic acids is 1. The molecule has 2 aromatic rings. The number of nitriles is 1. The number of pyridine rings is 1. The smallest absolute Gasteiger partial charge is 0.426 e. The van der Waals surface area contributed by atoms with E-state index in [4.69, 9.17) is 46.3 Å². The Kier molecular flexibility index (Phi) is 18.1. The third-order valence-corrected chi connectivity index (χ3v) is 5.53. The summed E-state index contributed by atoms with van der Waals surface area (Å²) in [7, 11) is 1.59. The number of unbranched alkanes of at least 4 members (excludes halogenated alkanes) is 3. The fourth-order valence-corrected chi connectivity index (χ4v) is 3.51. The van der Waals surface area contributed by atoms with Crippen LogP contribution in [0.1, 0.15) is 32.1 Å². The van der Waals surface area contributed by atoms with Crippen LogP contribution in [0.15, 0.2) is 53.8 Å². The molecule has 0 aliphatic heterocycles. The number of aromatic nitrogens is 1. The first-order valence-corrected chi connectivity index (χ1v) is 12.6. The summed E-state index contributed by atoms with van der Waals surface area (Å²) in [5, 5.41) is 9.66. The van der Waals surface area contributed by atoms with E-state index in [9.17, 15) is 4.79 Å². The maximum atomic E-state index is 10.9. The van der Waals surface area contributed by atoms with Crippen LogP contribution in [-0.4, -0.2) is 59.1 Å². The van der Waals surface area contributed by atoms with E-state index in [1.165, 1.54) is 0 Å². The van der Waals surface area contributed by atoms with Gasteiger partial charge in [0, 0.05) is 30.8 Å². The molecule has 0 radical (unpaired) electrons. The molecule has 1 atom stereocenters. The molecule has 11 nitrogen and oxygen atoms in total. The normalized spacial score (nSPS) is 11.7. The molecule has 2 rings (SSSR count). The van der Waals surface area contributed by atoms with Gasteiger partial charge in [-0.05, 0) is 37.1 Å². The van der Waals surface area contributed by atoms with Gasteiger partial charge in [-0.3, -0.25) is 9.53 Å². The number of ether oxygens (including phenoxy) is 5. The molecule has 39 heavy (non-hydrogen) atoms. The van der Waals surface area contributed by atoms with Gasteiger partial charge in [0.1, 0.15) is 5.75 Å². The Balaban J connectivity index is 0.00000760. The van der Waals surface area contributed by atoms with Crippen LogP contribution in [0.5, 0.6) is 5.75 Å². The van der Waals surface area contributed by atoms with Crippen LogP contribution in [0.25, 0.3) is 0 Å². The summed E-state index contributed by atoms with van der Waals surface area (Å²) in [6, 6.07) is 10.8. The Morgan fingerprint density at radius 1 is 1.08 bits per heavy atom. The van der Waals surface area contributed by atoms with Crippen molar-refractivity contribution in [3.05, 3.63) is 53.8 Å². The number of benzene rings is 1. The molecule has 0 aliphatic rings. The van der Waals surface area contributed by atoms with Gasteiger partial charge in [0.25, 0.3) is 6.47 Å². The van der Waals surface area contributed by atoms with Crippen LogP contribution >= 0.6 is 11.6 Å². The summed E-state index contributed by atoms with van der Waals surface area (Å²) in [5.74, 6) is 0.894. The van der Waals surface area contributed by atoms with Crippen molar-refractivity contribution in [1.29, 1.82) is 5.26 Å². The number of anilines is 1. The SMILES string of the molecule is COCCOCCOC(OC=O)[n+]1ccc(N(CCCCCCOc2ccc(Cl)cc2)C(N)=NC#N)cc1.[Cl-]. The van der Waals surface area contributed by atoms with E-state index in [1.54, 1.807) is 59.4 Å². The lowest BCUT2D eigenvalue weighted by Gasteiger charge is -2.22. The number of carbonyl (C=O) groups is 1. The molecular formula is C26H35Cl2N5O6. The van der Waals surface area contributed by atoms with Gasteiger partial charge >= 0.3 is 6.41 Å². The summed E-state index contributed by atoms with van der Waals surface area (Å²) in [6.45, 7) is 2.98. The van der Waals surface area contributed by atoms with Gasteiger partial charge in [0.2, 0.25) is 12.2 Å². The van der Waals surface area contributed by atoms with Crippen LogP contribution in [0, 0.1) is 11.5 Å². The molecule has 1 aromatic heterocycles. The van der Waals surface area contributed by atoms with E-state index in [0.717, 1.165) is 37.1 Å². The second kappa shape index (κ2) is 20.8. The average molecular weight is 585 g/mol. The second-order valence-corrected chi connectivity index (χ2v) is 8.39. The molecule has 0 aliphatic carbocycles. The Hall–Kier alpha value is -3.14. The largest absolute Gasteiger partial charge is 1.00 e. The summed E-state index contributed by atoms with van der Waals surface area (Å²) in [6.07, 6.45) is 7.82. The van der Waals surface area contributed by atoms with Gasteiger partial charge < -0.3 is 42.0 Å². The van der Waals surface area contributed by atoms with Crippen molar-refractivity contribution in [2.75, 3.05) is 51.6 Å². The molecule has 2 N–H and O–H groups in total. The summed E-state index contributed by atoms with van der Waals surface area (Å²) in [4.78, 5) is 16.4. The zero-order valence-electron chi connectivity index (χ0n) is 21.9. The molecule has 0 spiro atoms. The molecule has 1 heterocycles. The Morgan fingerprint density at radius 2 is 1.77 bits per heavy atom. The monoisotopic (exact) mass is 583 g/mol. The fraction of sp³-hybridized carbons (Fsp3) is 0.462. The van der Waals surface area contributed by atoms with Gasteiger partial charge in [-0.2, -0.15) is 5.26 Å². The van der Waals surface area contributed by atoms with E-state index in [0.29, 0.717) is 44.5 Å². The summed E-state index contributed by atoms with van der Waals surface area (Å²) < 4.78 is 28.2. The predicted molar refractivity (Wildman–Crippen MR) is 141 cm³/mol. The van der Waals surface area contributed by atoms with Crippen LogP contribution in [0.3, 0.4) is 0 Å². The zero-order valence-corrected chi connectivity index (χ0v) is 23.4. The number of nitrogens with zero attached hydrogens (tertiary/aromatic N) is 4. The Labute approximate surface area is 240 Å². The van der Waals surface area contributed by atoms with Gasteiger partial charge in [0.05, 0.1) is 38.7 Å². The first-order chi connectivity index (χ1) is 18.6. The summed E-state index contributed by atoms with van der Waals surface area (Å²) in [5.41, 5.74) is 6.79. The molecule has 0 saturated heterocycles. The Morgan fingerprint density at radius 3 is 2.44 bits per heavy atom. The van der Waals surface area contributed by atoms with E-state index in [2.05, 4.69) is 4.99 Å². The van der Waals surface area contributed by atoms with Crippen LogP contribution in [-0.2, 0) is 23.7 Å². The number of aliphatic imine (C=N–C) groups is 1. The van der Waals surface area contributed by atoms with Crippen molar-refractivity contribution >= 4 is 29.7 Å². The van der Waals surface area contributed by atoms with Crippen molar-refractivity contribution < 1.29 is 45.5 Å². The standard InChI is InChI=1S/C26H35ClN5O6.ClH/c1-34-16-17-35-18-19-37-26(38-21-33)31-13-10-23(11-14-31)32(25(29)30-20-28)12-4-2-3-5-15-36-24-8-6-22(27)7-9-24;/h6-11,13-14,21,26H,2-5,12,15-19H2,1H3,(H2,29,30);1H/q+1;/p-1. The zero-order chi connectivity index (χ0) is 27.4. The minimum absolute atomic E-state index is 0. The van der Waals surface area contributed by atoms with E-state index < -0.39 is 6.41 Å². The van der Waals surface area contributed by atoms with Crippen LogP contribution < -0.4 is 32.3 Å². The second-order valence-electron chi connectivity index (χ2n) is 7.96. The lowest BCUT2D eigenvalue weighted by Crippen LogP contribution is -3.00. The number of hydrogen-bond donors (Lipinski definition) is 1. The fourth-order valence-electron chi connectivity index (χ4n) is 3.38. The van der Waals surface area contributed by atoms with Crippen LogP contribution in [0.4, 0.5) is 5.69 Å². The van der Waals surface area contributed by atoms with Gasteiger partial charge in [0.15, 0.2) is 12.4 Å². The molecule has 0 amide bonds. The molecule has 1 unspecified atom stereocenters. The van der Waals surface area contributed by atoms with Gasteiger partial charge in [-0.1, -0.05) is 24.4 Å². The molecule has 0 bridgehead atoms. The number of halogens is 2. The molecular weight excluding hydrogens is 549 g/mol. The highest BCUT2D eigenvalue weighted by molar-refractivity contribution is 6.30. The number of nitrogens with two attached hydrogens (primary N) is 1. The highest BCUT2D eigenvalue weighted by Crippen LogP contribution is 2.17. The molecule has 13 heteroatoms. The lowest BCUT2D eigenvalue weighted by molar-refractivity contribution is -0.799. The third-order valence-electron chi connectivity index (χ3n) is 5.28. The minimum atomic E-state index is -0.957. The number of rotatable bonds is 19. The molecule has 214 valence electrons. The van der Waals surface area contributed by atoms with Crippen molar-refractivity contribution in [1.82, 2.24) is 0 Å². The summed E-state index contributed by atoms with van der Waals surface area (Å²) >= 11 is 5.89. The van der Waals surface area contributed by atoms with Gasteiger partial charge in [-0.15, -0.1) is 9.56 Å². The molecule has 0 fully saturated rings. The predicted octanol–water partition coefficient (Wildman–Crippen LogP) is 0.182. The van der Waals surface area contributed by atoms with E-state index in [1.807, 2.05) is 12.1 Å². The maximum absolute atomic E-state index is 10.9. The first kappa shape index (κ1) is 33.9. The van der Waals surface area contributed by atoms with Crippen molar-refractivity contribution in [3.63, 3.8) is 0 Å². The molecule has 0 saturated carbocycles. The first-order valence-electron chi connectivity index (χ1n) is 12.3. The highest BCUT2D eigenvalue weighted by atomic mass is 35.5. The maximum Gasteiger partial charge on any atom is 0.426 e. The van der Waals surface area contributed by atoms with Gasteiger partial charge in [-0.25, -0.2) is 0 Å². The van der Waals surface area contributed by atoms with Crippen molar-refractivity contribution in [3.8, 4) is 11.9 Å². The molecule has 1 aromatic carbocycles. The van der Waals surface area contributed by atoms with Crippen molar-refractivity contribution in [2.24, 2.45) is 10.7 Å². The van der Waals surface area contributed by atoms with Crippen molar-refractivity contribution in [2.45, 2.75) is 32.1 Å². The Bertz CT molecular complexity index is 1010. The number of hydrogen-bond acceptors (Lipinski definition) is 8. The van der Waals surface area contributed by atoms with E-state index >= 15 is 0 Å². The highest BCUT2D eigenvalue weighted by Gasteiger charge is 2.21. The topological polar surface area (TPSA) is 133 Å². The average Bonchev–Trinajstić information content (AvgIpc) is 2.93.